The quantitative estimate of drug-likeness (QED) is 0.836. The lowest BCUT2D eigenvalue weighted by atomic mass is 10.3. The second-order valence-corrected chi connectivity index (χ2v) is 3.73. The molecular formula is C8H6Br2FNO. The summed E-state index contributed by atoms with van der Waals surface area (Å²) < 4.78 is 13.3. The zero-order valence-electron chi connectivity index (χ0n) is 6.48. The predicted octanol–water partition coefficient (Wildman–Crippen LogP) is 2.92. The average molecular weight is 311 g/mol. The van der Waals surface area contributed by atoms with E-state index in [0.717, 1.165) is 0 Å². The van der Waals surface area contributed by atoms with Crippen molar-refractivity contribution in [2.45, 2.75) is 0 Å². The van der Waals surface area contributed by atoms with Crippen LogP contribution >= 0.6 is 31.9 Å². The Morgan fingerprint density at radius 2 is 2.23 bits per heavy atom. The molecule has 1 aromatic carbocycles. The summed E-state index contributed by atoms with van der Waals surface area (Å²) in [4.78, 5) is 10.9. The third kappa shape index (κ3) is 3.08. The standard InChI is InChI=1S/C8H6Br2FNO/c9-4-8(13)12-5-1-2-6(10)7(11)3-5/h1-3H,4H2,(H,12,13). The lowest BCUT2D eigenvalue weighted by Gasteiger charge is -2.03. The first-order chi connectivity index (χ1) is 6.13. The highest BCUT2D eigenvalue weighted by molar-refractivity contribution is 9.10. The molecule has 1 aromatic rings. The van der Waals surface area contributed by atoms with E-state index in [1.165, 1.54) is 6.07 Å². The molecule has 0 atom stereocenters. The number of alkyl halides is 1. The van der Waals surface area contributed by atoms with Crippen molar-refractivity contribution in [3.8, 4) is 0 Å². The number of amides is 1. The fourth-order valence-corrected chi connectivity index (χ4v) is 1.16. The topological polar surface area (TPSA) is 29.1 Å². The van der Waals surface area contributed by atoms with Gasteiger partial charge in [0.25, 0.3) is 0 Å². The molecule has 1 amide bonds. The first kappa shape index (κ1) is 10.7. The lowest BCUT2D eigenvalue weighted by Crippen LogP contribution is -2.12. The Bertz CT molecular complexity index is 330. The molecule has 0 bridgehead atoms. The first-order valence-corrected chi connectivity index (χ1v) is 5.36. The Hall–Kier alpha value is -0.420. The molecule has 0 aliphatic heterocycles. The van der Waals surface area contributed by atoms with Crippen molar-refractivity contribution in [1.82, 2.24) is 0 Å². The number of carbonyl (C=O) groups is 1. The summed E-state index contributed by atoms with van der Waals surface area (Å²) in [6.45, 7) is 0. The van der Waals surface area contributed by atoms with E-state index >= 15 is 0 Å². The van der Waals surface area contributed by atoms with Gasteiger partial charge < -0.3 is 5.32 Å². The highest BCUT2D eigenvalue weighted by Crippen LogP contribution is 2.19. The highest BCUT2D eigenvalue weighted by Gasteiger charge is 2.02. The minimum Gasteiger partial charge on any atom is -0.325 e. The van der Waals surface area contributed by atoms with Crippen molar-refractivity contribution < 1.29 is 9.18 Å². The van der Waals surface area contributed by atoms with E-state index in [-0.39, 0.29) is 11.2 Å². The highest BCUT2D eigenvalue weighted by atomic mass is 79.9. The van der Waals surface area contributed by atoms with Gasteiger partial charge in [-0.2, -0.15) is 0 Å². The molecule has 2 nitrogen and oxygen atoms in total. The van der Waals surface area contributed by atoms with Gasteiger partial charge in [-0.05, 0) is 34.1 Å². The lowest BCUT2D eigenvalue weighted by molar-refractivity contribution is -0.113. The van der Waals surface area contributed by atoms with Gasteiger partial charge in [0.2, 0.25) is 5.91 Å². The molecule has 0 aromatic heterocycles. The number of halogens is 3. The molecule has 0 spiro atoms. The summed E-state index contributed by atoms with van der Waals surface area (Å²) in [6, 6.07) is 4.41. The summed E-state index contributed by atoms with van der Waals surface area (Å²) in [5, 5.41) is 2.71. The van der Waals surface area contributed by atoms with Gasteiger partial charge >= 0.3 is 0 Å². The maximum Gasteiger partial charge on any atom is 0.235 e. The van der Waals surface area contributed by atoms with Crippen molar-refractivity contribution in [2.75, 3.05) is 10.6 Å². The third-order valence-corrected chi connectivity index (χ3v) is 2.48. The molecule has 0 aliphatic rings. The fourth-order valence-electron chi connectivity index (χ4n) is 0.768. The van der Waals surface area contributed by atoms with E-state index < -0.39 is 5.82 Å². The van der Waals surface area contributed by atoms with Gasteiger partial charge in [0.1, 0.15) is 5.82 Å². The molecule has 0 aliphatic carbocycles. The summed E-state index contributed by atoms with van der Waals surface area (Å²) in [7, 11) is 0. The SMILES string of the molecule is O=C(CBr)Nc1ccc(Br)c(F)c1. The van der Waals surface area contributed by atoms with Crippen molar-refractivity contribution in [1.29, 1.82) is 0 Å². The largest absolute Gasteiger partial charge is 0.325 e. The summed E-state index contributed by atoms with van der Waals surface area (Å²) in [5.74, 6) is -0.603. The van der Waals surface area contributed by atoms with Crippen LogP contribution in [0, 0.1) is 5.82 Å². The van der Waals surface area contributed by atoms with Gasteiger partial charge in [-0.25, -0.2) is 4.39 Å². The molecule has 0 radical (unpaired) electrons. The molecule has 0 saturated heterocycles. The summed E-state index contributed by atoms with van der Waals surface area (Å²) in [6.07, 6.45) is 0. The maximum atomic E-state index is 12.9. The van der Waals surface area contributed by atoms with Gasteiger partial charge in [-0.3, -0.25) is 4.79 Å². The van der Waals surface area contributed by atoms with E-state index in [4.69, 9.17) is 0 Å². The van der Waals surface area contributed by atoms with Gasteiger partial charge in [-0.1, -0.05) is 15.9 Å². The van der Waals surface area contributed by atoms with Crippen molar-refractivity contribution >= 4 is 43.5 Å². The van der Waals surface area contributed by atoms with Crippen molar-refractivity contribution in [3.63, 3.8) is 0 Å². The zero-order chi connectivity index (χ0) is 9.84. The molecule has 0 unspecified atom stereocenters. The molecule has 5 heteroatoms. The molecule has 70 valence electrons. The van der Waals surface area contributed by atoms with Gasteiger partial charge in [0.15, 0.2) is 0 Å². The zero-order valence-corrected chi connectivity index (χ0v) is 9.65. The number of anilines is 1. The van der Waals surface area contributed by atoms with E-state index in [0.29, 0.717) is 10.2 Å². The second-order valence-electron chi connectivity index (χ2n) is 2.31. The summed E-state index contributed by atoms with van der Waals surface area (Å²) >= 11 is 6.01. The number of hydrogen-bond acceptors (Lipinski definition) is 1. The molecule has 0 fully saturated rings. The average Bonchev–Trinajstić information content (AvgIpc) is 2.11. The molecular weight excluding hydrogens is 305 g/mol. The molecule has 0 heterocycles. The monoisotopic (exact) mass is 309 g/mol. The second kappa shape index (κ2) is 4.72. The van der Waals surface area contributed by atoms with Gasteiger partial charge in [0.05, 0.1) is 9.80 Å². The van der Waals surface area contributed by atoms with Crippen LogP contribution in [-0.4, -0.2) is 11.2 Å². The molecule has 13 heavy (non-hydrogen) atoms. The number of hydrogen-bond donors (Lipinski definition) is 1. The maximum absolute atomic E-state index is 12.9. The predicted molar refractivity (Wildman–Crippen MR) is 56.5 cm³/mol. The van der Waals surface area contributed by atoms with E-state index in [1.54, 1.807) is 12.1 Å². The van der Waals surface area contributed by atoms with Crippen LogP contribution in [0.25, 0.3) is 0 Å². The Morgan fingerprint density at radius 3 is 2.77 bits per heavy atom. The van der Waals surface area contributed by atoms with Crippen LogP contribution in [0.15, 0.2) is 22.7 Å². The number of benzene rings is 1. The van der Waals surface area contributed by atoms with Gasteiger partial charge in [-0.15, -0.1) is 0 Å². The van der Waals surface area contributed by atoms with Crippen LogP contribution in [0.3, 0.4) is 0 Å². The van der Waals surface area contributed by atoms with Crippen LogP contribution < -0.4 is 5.32 Å². The van der Waals surface area contributed by atoms with Crippen molar-refractivity contribution in [3.05, 3.63) is 28.5 Å². The molecule has 0 saturated carbocycles. The van der Waals surface area contributed by atoms with Crippen LogP contribution in [0.2, 0.25) is 0 Å². The van der Waals surface area contributed by atoms with Crippen LogP contribution in [0.5, 0.6) is 0 Å². The number of carbonyl (C=O) groups excluding carboxylic acids is 1. The molecule has 1 N–H and O–H groups in total. The Balaban J connectivity index is 2.79. The Morgan fingerprint density at radius 1 is 1.54 bits per heavy atom. The Kier molecular flexibility index (Phi) is 3.87. The van der Waals surface area contributed by atoms with Crippen molar-refractivity contribution in [2.24, 2.45) is 0 Å². The van der Waals surface area contributed by atoms with E-state index in [1.807, 2.05) is 0 Å². The summed E-state index contributed by atoms with van der Waals surface area (Å²) in [5.41, 5.74) is 0.449. The fraction of sp³-hybridized carbons (Fsp3) is 0.125. The number of nitrogens with one attached hydrogen (secondary N) is 1. The minimum absolute atomic E-state index is 0.199. The van der Waals surface area contributed by atoms with E-state index in [2.05, 4.69) is 37.2 Å². The first-order valence-electron chi connectivity index (χ1n) is 3.44. The van der Waals surface area contributed by atoms with Crippen LogP contribution in [0.4, 0.5) is 10.1 Å². The van der Waals surface area contributed by atoms with Crippen LogP contribution in [-0.2, 0) is 4.79 Å². The number of rotatable bonds is 2. The molecule has 1 rings (SSSR count). The van der Waals surface area contributed by atoms with Crippen LogP contribution in [0.1, 0.15) is 0 Å². The smallest absolute Gasteiger partial charge is 0.235 e. The minimum atomic E-state index is -0.396. The Labute approximate surface area is 91.8 Å². The van der Waals surface area contributed by atoms with Gasteiger partial charge in [0, 0.05) is 5.69 Å². The van der Waals surface area contributed by atoms with E-state index in [9.17, 15) is 9.18 Å². The third-order valence-electron chi connectivity index (χ3n) is 1.32. The normalized spacial score (nSPS) is 9.77.